The van der Waals surface area contributed by atoms with E-state index in [2.05, 4.69) is 12.2 Å². The van der Waals surface area contributed by atoms with E-state index >= 15 is 0 Å². The minimum atomic E-state index is 0.479. The molecule has 1 amide bonds. The van der Waals surface area contributed by atoms with Crippen LogP contribution in [0.15, 0.2) is 0 Å². The molecule has 1 saturated carbocycles. The highest BCUT2D eigenvalue weighted by molar-refractivity contribution is 5.47. The van der Waals surface area contributed by atoms with E-state index in [-0.39, 0.29) is 0 Å². The molecule has 0 aromatic rings. The summed E-state index contributed by atoms with van der Waals surface area (Å²) in [5.41, 5.74) is 0. The molecule has 0 aromatic carbocycles. The summed E-state index contributed by atoms with van der Waals surface area (Å²) in [6.45, 7) is 2.16. The Morgan fingerprint density at radius 3 is 2.50 bits per heavy atom. The molecule has 0 aliphatic heterocycles. The lowest BCUT2D eigenvalue weighted by Crippen LogP contribution is -2.41. The summed E-state index contributed by atoms with van der Waals surface area (Å²) in [5, 5.41) is 2.75. The SMILES string of the molecule is C[C@@H]1CC[C@H]1NC=O. The average Bonchev–Trinajstić information content (AvgIpc) is 1.79. The third-order valence-electron chi connectivity index (χ3n) is 1.90. The Hall–Kier alpha value is -0.530. The molecule has 46 valence electrons. The average molecular weight is 113 g/mol. The molecule has 2 nitrogen and oxygen atoms in total. The molecule has 0 aromatic heterocycles. The Kier molecular flexibility index (Phi) is 1.51. The topological polar surface area (TPSA) is 29.1 Å². The predicted molar refractivity (Wildman–Crippen MR) is 31.4 cm³/mol. The minimum absolute atomic E-state index is 0.479. The molecule has 1 aliphatic rings. The maximum absolute atomic E-state index is 9.84. The second kappa shape index (κ2) is 2.16. The molecule has 0 radical (unpaired) electrons. The molecule has 1 aliphatic carbocycles. The van der Waals surface area contributed by atoms with E-state index in [4.69, 9.17) is 0 Å². The summed E-state index contributed by atoms with van der Waals surface area (Å²) in [6.07, 6.45) is 3.23. The smallest absolute Gasteiger partial charge is 0.207 e. The normalized spacial score (nSPS) is 35.6. The Morgan fingerprint density at radius 2 is 2.38 bits per heavy atom. The van der Waals surface area contributed by atoms with Gasteiger partial charge in [0.05, 0.1) is 0 Å². The second-order valence-electron chi connectivity index (χ2n) is 2.45. The maximum atomic E-state index is 9.84. The lowest BCUT2D eigenvalue weighted by Gasteiger charge is -2.32. The minimum Gasteiger partial charge on any atom is -0.356 e. The van der Waals surface area contributed by atoms with Crippen molar-refractivity contribution in [2.24, 2.45) is 5.92 Å². The fourth-order valence-electron chi connectivity index (χ4n) is 1.00. The van der Waals surface area contributed by atoms with Crippen molar-refractivity contribution in [2.45, 2.75) is 25.8 Å². The van der Waals surface area contributed by atoms with Gasteiger partial charge in [0.25, 0.3) is 0 Å². The number of nitrogens with one attached hydrogen (secondary N) is 1. The van der Waals surface area contributed by atoms with Crippen LogP contribution in [0.3, 0.4) is 0 Å². The van der Waals surface area contributed by atoms with Crippen LogP contribution in [-0.4, -0.2) is 12.5 Å². The lowest BCUT2D eigenvalue weighted by molar-refractivity contribution is -0.111. The van der Waals surface area contributed by atoms with Crippen molar-refractivity contribution in [2.75, 3.05) is 0 Å². The number of carbonyl (C=O) groups is 1. The molecule has 0 unspecified atom stereocenters. The first-order valence-electron chi connectivity index (χ1n) is 3.04. The van der Waals surface area contributed by atoms with Gasteiger partial charge in [0.15, 0.2) is 0 Å². The molecule has 1 rings (SSSR count). The third-order valence-corrected chi connectivity index (χ3v) is 1.90. The van der Waals surface area contributed by atoms with Crippen LogP contribution in [-0.2, 0) is 4.79 Å². The van der Waals surface area contributed by atoms with Gasteiger partial charge in [0, 0.05) is 6.04 Å². The van der Waals surface area contributed by atoms with Crippen LogP contribution in [0, 0.1) is 5.92 Å². The van der Waals surface area contributed by atoms with Gasteiger partial charge < -0.3 is 5.32 Å². The largest absolute Gasteiger partial charge is 0.356 e. The zero-order valence-electron chi connectivity index (χ0n) is 5.05. The Labute approximate surface area is 49.3 Å². The monoisotopic (exact) mass is 113 g/mol. The van der Waals surface area contributed by atoms with E-state index in [9.17, 15) is 4.79 Å². The summed E-state index contributed by atoms with van der Waals surface area (Å²) in [4.78, 5) is 9.84. The van der Waals surface area contributed by atoms with Gasteiger partial charge in [0.1, 0.15) is 0 Å². The lowest BCUT2D eigenvalue weighted by atomic mass is 9.81. The van der Waals surface area contributed by atoms with Gasteiger partial charge in [-0.05, 0) is 18.8 Å². The molecular weight excluding hydrogens is 102 g/mol. The molecule has 0 heterocycles. The fourth-order valence-corrected chi connectivity index (χ4v) is 1.00. The van der Waals surface area contributed by atoms with E-state index in [1.165, 1.54) is 12.8 Å². The molecule has 2 heteroatoms. The molecule has 0 spiro atoms. The van der Waals surface area contributed by atoms with E-state index in [0.717, 1.165) is 6.41 Å². The standard InChI is InChI=1S/C6H11NO/c1-5-2-3-6(5)7-4-8/h4-6H,2-3H2,1H3,(H,7,8)/t5-,6-/m1/s1. The van der Waals surface area contributed by atoms with Crippen LogP contribution in [0.25, 0.3) is 0 Å². The van der Waals surface area contributed by atoms with Crippen LogP contribution >= 0.6 is 0 Å². The molecule has 1 N–H and O–H groups in total. The Morgan fingerprint density at radius 1 is 1.62 bits per heavy atom. The predicted octanol–water partition coefficient (Wildman–Crippen LogP) is 0.531. The van der Waals surface area contributed by atoms with Crippen molar-refractivity contribution >= 4 is 6.41 Å². The first-order chi connectivity index (χ1) is 3.84. The number of amides is 1. The van der Waals surface area contributed by atoms with Crippen LogP contribution in [0.4, 0.5) is 0 Å². The number of rotatable bonds is 2. The van der Waals surface area contributed by atoms with E-state index in [0.29, 0.717) is 12.0 Å². The summed E-state index contributed by atoms with van der Waals surface area (Å²) < 4.78 is 0. The Bertz CT molecular complexity index is 92.5. The Balaban J connectivity index is 2.16. The van der Waals surface area contributed by atoms with Gasteiger partial charge in [-0.25, -0.2) is 0 Å². The van der Waals surface area contributed by atoms with E-state index in [1.807, 2.05) is 0 Å². The molecule has 0 bridgehead atoms. The summed E-state index contributed by atoms with van der Waals surface area (Å²) in [7, 11) is 0. The quantitative estimate of drug-likeness (QED) is 0.520. The van der Waals surface area contributed by atoms with Gasteiger partial charge >= 0.3 is 0 Å². The summed E-state index contributed by atoms with van der Waals surface area (Å²) >= 11 is 0. The summed E-state index contributed by atoms with van der Waals surface area (Å²) in [5.74, 6) is 0.709. The van der Waals surface area contributed by atoms with Crippen molar-refractivity contribution in [1.82, 2.24) is 5.32 Å². The number of carbonyl (C=O) groups excluding carboxylic acids is 1. The van der Waals surface area contributed by atoms with Crippen LogP contribution in [0.2, 0.25) is 0 Å². The molecule has 8 heavy (non-hydrogen) atoms. The highest BCUT2D eigenvalue weighted by Crippen LogP contribution is 2.25. The van der Waals surface area contributed by atoms with Crippen molar-refractivity contribution in [3.8, 4) is 0 Å². The van der Waals surface area contributed by atoms with Gasteiger partial charge in [-0.3, -0.25) is 4.79 Å². The van der Waals surface area contributed by atoms with Crippen LogP contribution < -0.4 is 5.32 Å². The maximum Gasteiger partial charge on any atom is 0.207 e. The zero-order chi connectivity index (χ0) is 5.98. The third kappa shape index (κ3) is 0.831. The van der Waals surface area contributed by atoms with Gasteiger partial charge in [-0.2, -0.15) is 0 Å². The van der Waals surface area contributed by atoms with Crippen LogP contribution in [0.1, 0.15) is 19.8 Å². The van der Waals surface area contributed by atoms with Gasteiger partial charge in [0.2, 0.25) is 6.41 Å². The van der Waals surface area contributed by atoms with E-state index in [1.54, 1.807) is 0 Å². The van der Waals surface area contributed by atoms with Gasteiger partial charge in [-0.15, -0.1) is 0 Å². The zero-order valence-corrected chi connectivity index (χ0v) is 5.05. The number of hydrogen-bond donors (Lipinski definition) is 1. The van der Waals surface area contributed by atoms with Crippen LogP contribution in [0.5, 0.6) is 0 Å². The molecule has 0 saturated heterocycles. The van der Waals surface area contributed by atoms with Crippen molar-refractivity contribution in [3.63, 3.8) is 0 Å². The van der Waals surface area contributed by atoms with Gasteiger partial charge in [-0.1, -0.05) is 6.92 Å². The van der Waals surface area contributed by atoms with Crippen molar-refractivity contribution in [3.05, 3.63) is 0 Å². The molecule has 2 atom stereocenters. The molecule has 1 fully saturated rings. The highest BCUT2D eigenvalue weighted by Gasteiger charge is 2.25. The highest BCUT2D eigenvalue weighted by atomic mass is 16.1. The summed E-state index contributed by atoms with van der Waals surface area (Å²) in [6, 6.07) is 0.479. The first kappa shape index (κ1) is 5.60. The first-order valence-corrected chi connectivity index (χ1v) is 3.04. The second-order valence-corrected chi connectivity index (χ2v) is 2.45. The van der Waals surface area contributed by atoms with Crippen molar-refractivity contribution < 1.29 is 4.79 Å². The van der Waals surface area contributed by atoms with Crippen molar-refractivity contribution in [1.29, 1.82) is 0 Å². The molecular formula is C6H11NO. The fraction of sp³-hybridized carbons (Fsp3) is 0.833. The number of hydrogen-bond acceptors (Lipinski definition) is 1. The van der Waals surface area contributed by atoms with E-state index < -0.39 is 0 Å².